The van der Waals surface area contributed by atoms with Crippen molar-refractivity contribution >= 4 is 27.3 Å². The third kappa shape index (κ3) is 6.34. The van der Waals surface area contributed by atoms with Crippen molar-refractivity contribution in [1.82, 2.24) is 5.32 Å². The van der Waals surface area contributed by atoms with Crippen molar-refractivity contribution in [3.63, 3.8) is 0 Å². The Bertz CT molecular complexity index is 629. The van der Waals surface area contributed by atoms with Crippen LogP contribution in [0, 0.1) is 0 Å². The van der Waals surface area contributed by atoms with Crippen molar-refractivity contribution < 1.29 is 13.2 Å². The number of nitrogens with two attached hydrogens (primary N) is 1. The van der Waals surface area contributed by atoms with Crippen LogP contribution in [0.3, 0.4) is 0 Å². The monoisotopic (exact) mass is 346 g/mol. The average Bonchev–Trinajstić information content (AvgIpc) is 2.41. The Balaban J connectivity index is 2.58. The minimum atomic E-state index is -3.12. The molecule has 0 aliphatic rings. The van der Waals surface area contributed by atoms with Crippen LogP contribution < -0.4 is 11.1 Å². The maximum atomic E-state index is 11.9. The lowest BCUT2D eigenvalue weighted by Gasteiger charge is -2.26. The van der Waals surface area contributed by atoms with E-state index < -0.39 is 15.9 Å². The number of benzene rings is 1. The first-order chi connectivity index (χ1) is 10.0. The number of carbonyl (C=O) groups excluding carboxylic acids is 1. The normalized spacial score (nSPS) is 13.7. The topological polar surface area (TPSA) is 89.3 Å². The second-order valence-electron chi connectivity index (χ2n) is 6.14. The van der Waals surface area contributed by atoms with E-state index in [0.29, 0.717) is 11.6 Å². The van der Waals surface area contributed by atoms with Gasteiger partial charge in [-0.15, -0.1) is 0 Å². The Labute approximate surface area is 137 Å². The van der Waals surface area contributed by atoms with E-state index in [1.165, 1.54) is 0 Å². The van der Waals surface area contributed by atoms with Crippen LogP contribution in [0.2, 0.25) is 5.02 Å². The second kappa shape index (κ2) is 7.44. The van der Waals surface area contributed by atoms with Gasteiger partial charge in [-0.2, -0.15) is 0 Å². The molecule has 1 amide bonds. The van der Waals surface area contributed by atoms with Gasteiger partial charge in [-0.3, -0.25) is 4.79 Å². The first-order valence-corrected chi connectivity index (χ1v) is 9.42. The van der Waals surface area contributed by atoms with Gasteiger partial charge < -0.3 is 11.1 Å². The highest BCUT2D eigenvalue weighted by Gasteiger charge is 2.23. The summed E-state index contributed by atoms with van der Waals surface area (Å²) in [6.45, 7) is 4.36. The van der Waals surface area contributed by atoms with E-state index in [2.05, 4.69) is 5.32 Å². The van der Waals surface area contributed by atoms with Gasteiger partial charge in [0.1, 0.15) is 9.84 Å². The number of halogens is 1. The van der Waals surface area contributed by atoms with Crippen LogP contribution in [0.25, 0.3) is 0 Å². The van der Waals surface area contributed by atoms with Crippen LogP contribution in [0.15, 0.2) is 24.3 Å². The molecule has 3 N–H and O–H groups in total. The SMILES string of the molecule is CC(C)(CNC(=O)C(N)CCS(C)(=O)=O)c1cccc(Cl)c1. The predicted molar refractivity (Wildman–Crippen MR) is 89.8 cm³/mol. The van der Waals surface area contributed by atoms with Gasteiger partial charge in [-0.1, -0.05) is 37.6 Å². The van der Waals surface area contributed by atoms with E-state index in [1.54, 1.807) is 6.07 Å². The minimum absolute atomic E-state index is 0.0979. The molecule has 7 heteroatoms. The molecule has 1 aromatic rings. The molecular formula is C15H23ClN2O3S. The molecule has 0 saturated carbocycles. The van der Waals surface area contributed by atoms with Gasteiger partial charge in [-0.25, -0.2) is 8.42 Å². The first kappa shape index (κ1) is 18.9. The van der Waals surface area contributed by atoms with Crippen LogP contribution in [-0.2, 0) is 20.0 Å². The van der Waals surface area contributed by atoms with Crippen molar-refractivity contribution in [2.24, 2.45) is 5.73 Å². The summed E-state index contributed by atoms with van der Waals surface area (Å²) in [5, 5.41) is 3.42. The molecule has 0 aromatic heterocycles. The van der Waals surface area contributed by atoms with E-state index in [1.807, 2.05) is 32.0 Å². The number of sulfone groups is 1. The summed E-state index contributed by atoms with van der Waals surface area (Å²) in [5.41, 5.74) is 6.42. The maximum absolute atomic E-state index is 11.9. The van der Waals surface area contributed by atoms with Crippen molar-refractivity contribution in [3.05, 3.63) is 34.9 Å². The van der Waals surface area contributed by atoms with Gasteiger partial charge in [0.05, 0.1) is 11.8 Å². The average molecular weight is 347 g/mol. The highest BCUT2D eigenvalue weighted by molar-refractivity contribution is 7.90. The molecule has 0 aliphatic carbocycles. The van der Waals surface area contributed by atoms with E-state index in [4.69, 9.17) is 17.3 Å². The molecule has 1 rings (SSSR count). The summed E-state index contributed by atoms with van der Waals surface area (Å²) >= 11 is 5.98. The number of hydrogen-bond donors (Lipinski definition) is 2. The third-order valence-electron chi connectivity index (χ3n) is 3.45. The Hall–Kier alpha value is -1.11. The number of carbonyl (C=O) groups is 1. The highest BCUT2D eigenvalue weighted by Crippen LogP contribution is 2.24. The molecular weight excluding hydrogens is 324 g/mol. The zero-order chi connectivity index (χ0) is 17.0. The van der Waals surface area contributed by atoms with E-state index >= 15 is 0 Å². The van der Waals surface area contributed by atoms with Crippen molar-refractivity contribution in [2.45, 2.75) is 31.7 Å². The first-order valence-electron chi connectivity index (χ1n) is 6.98. The summed E-state index contributed by atoms with van der Waals surface area (Å²) in [6.07, 6.45) is 1.24. The quantitative estimate of drug-likeness (QED) is 0.782. The highest BCUT2D eigenvalue weighted by atomic mass is 35.5. The molecule has 5 nitrogen and oxygen atoms in total. The summed E-state index contributed by atoms with van der Waals surface area (Å²) < 4.78 is 22.2. The summed E-state index contributed by atoms with van der Waals surface area (Å²) in [6, 6.07) is 6.63. The number of amides is 1. The van der Waals surface area contributed by atoms with Gasteiger partial charge >= 0.3 is 0 Å². The summed E-state index contributed by atoms with van der Waals surface area (Å²) in [4.78, 5) is 11.9. The molecule has 1 atom stereocenters. The molecule has 1 unspecified atom stereocenters. The van der Waals surface area contributed by atoms with Crippen molar-refractivity contribution in [1.29, 1.82) is 0 Å². The number of rotatable bonds is 7. The molecule has 0 fully saturated rings. The van der Waals surface area contributed by atoms with Crippen LogP contribution in [0.5, 0.6) is 0 Å². The standard InChI is InChI=1S/C15H23ClN2O3S/c1-15(2,11-5-4-6-12(16)9-11)10-18-14(19)13(17)7-8-22(3,20)21/h4-6,9,13H,7-8,10,17H2,1-3H3,(H,18,19). The molecule has 0 heterocycles. The zero-order valence-electron chi connectivity index (χ0n) is 13.1. The van der Waals surface area contributed by atoms with Crippen LogP contribution in [0.1, 0.15) is 25.8 Å². The molecule has 124 valence electrons. The zero-order valence-corrected chi connectivity index (χ0v) is 14.7. The predicted octanol–water partition coefficient (Wildman–Crippen LogP) is 1.50. The third-order valence-corrected chi connectivity index (χ3v) is 4.66. The summed E-state index contributed by atoms with van der Waals surface area (Å²) in [5.74, 6) is -0.446. The molecule has 1 aromatic carbocycles. The Kier molecular flexibility index (Phi) is 6.40. The Morgan fingerprint density at radius 1 is 1.41 bits per heavy atom. The molecule has 0 spiro atoms. The lowest BCUT2D eigenvalue weighted by Crippen LogP contribution is -2.45. The molecule has 0 radical (unpaired) electrons. The Morgan fingerprint density at radius 2 is 2.05 bits per heavy atom. The number of nitrogens with one attached hydrogen (secondary N) is 1. The van der Waals surface area contributed by atoms with Gasteiger partial charge in [0.25, 0.3) is 0 Å². The van der Waals surface area contributed by atoms with Crippen molar-refractivity contribution in [2.75, 3.05) is 18.6 Å². The Morgan fingerprint density at radius 3 is 2.59 bits per heavy atom. The van der Waals surface area contributed by atoms with Gasteiger partial charge in [-0.05, 0) is 24.1 Å². The fourth-order valence-electron chi connectivity index (χ4n) is 1.92. The van der Waals surface area contributed by atoms with Crippen LogP contribution in [-0.4, -0.2) is 38.9 Å². The summed E-state index contributed by atoms with van der Waals surface area (Å²) in [7, 11) is -3.12. The lowest BCUT2D eigenvalue weighted by molar-refractivity contribution is -0.122. The fourth-order valence-corrected chi connectivity index (χ4v) is 2.80. The smallest absolute Gasteiger partial charge is 0.236 e. The lowest BCUT2D eigenvalue weighted by atomic mass is 9.84. The van der Waals surface area contributed by atoms with Gasteiger partial charge in [0, 0.05) is 23.2 Å². The number of hydrogen-bond acceptors (Lipinski definition) is 4. The van der Waals surface area contributed by atoms with E-state index in [0.717, 1.165) is 11.8 Å². The second-order valence-corrected chi connectivity index (χ2v) is 8.83. The molecule has 0 saturated heterocycles. The molecule has 22 heavy (non-hydrogen) atoms. The molecule has 0 bridgehead atoms. The maximum Gasteiger partial charge on any atom is 0.236 e. The fraction of sp³-hybridized carbons (Fsp3) is 0.533. The minimum Gasteiger partial charge on any atom is -0.354 e. The van der Waals surface area contributed by atoms with Crippen LogP contribution >= 0.6 is 11.6 Å². The largest absolute Gasteiger partial charge is 0.354 e. The van der Waals surface area contributed by atoms with E-state index in [9.17, 15) is 13.2 Å². The van der Waals surface area contributed by atoms with Gasteiger partial charge in [0.2, 0.25) is 5.91 Å². The van der Waals surface area contributed by atoms with Crippen molar-refractivity contribution in [3.8, 4) is 0 Å². The van der Waals surface area contributed by atoms with Gasteiger partial charge in [0.15, 0.2) is 0 Å². The molecule has 0 aliphatic heterocycles. The van der Waals surface area contributed by atoms with E-state index in [-0.39, 0.29) is 23.5 Å². The van der Waals surface area contributed by atoms with Crippen LogP contribution in [0.4, 0.5) is 0 Å².